The molecule has 2 aliphatic heterocycles. The summed E-state index contributed by atoms with van der Waals surface area (Å²) < 4.78 is 1.38. The second-order valence-corrected chi connectivity index (χ2v) is 4.47. The van der Waals surface area contributed by atoms with Crippen molar-refractivity contribution < 1.29 is 28.5 Å². The van der Waals surface area contributed by atoms with Crippen molar-refractivity contribution in [2.24, 2.45) is 5.92 Å². The quantitative estimate of drug-likeness (QED) is 0.376. The van der Waals surface area contributed by atoms with Gasteiger partial charge in [-0.25, -0.2) is 0 Å². The number of quaternary nitrogens is 1. The molecule has 0 saturated carbocycles. The molecule has 0 aromatic carbocycles. The summed E-state index contributed by atoms with van der Waals surface area (Å²) in [6, 6.07) is 0.943. The van der Waals surface area contributed by atoms with Crippen molar-refractivity contribution in [3.63, 3.8) is 0 Å². The van der Waals surface area contributed by atoms with Crippen LogP contribution in [0, 0.1) is 5.92 Å². The molecule has 2 saturated heterocycles. The maximum absolute atomic E-state index is 2.43. The van der Waals surface area contributed by atoms with Gasteiger partial charge in [0.25, 0.3) is 0 Å². The average Bonchev–Trinajstić information content (AvgIpc) is 2.22. The van der Waals surface area contributed by atoms with Crippen LogP contribution in [0.4, 0.5) is 0 Å². The number of halogens is 1. The molecule has 2 fully saturated rings. The zero-order valence-corrected chi connectivity index (χ0v) is 9.67. The molecule has 3 unspecified atom stereocenters. The average molecular weight is 267 g/mol. The predicted octanol–water partition coefficient (Wildman–Crippen LogP) is -1.36. The Bertz CT molecular complexity index is 146. The fraction of sp³-hybridized carbons (Fsp3) is 1.00. The molecule has 0 aromatic heterocycles. The van der Waals surface area contributed by atoms with Crippen LogP contribution >= 0.6 is 0 Å². The van der Waals surface area contributed by atoms with E-state index in [-0.39, 0.29) is 24.0 Å². The number of piperidine rings is 1. The number of hydrogen-bond donors (Lipinski definition) is 0. The highest BCUT2D eigenvalue weighted by molar-refractivity contribution is 4.74. The van der Waals surface area contributed by atoms with Crippen LogP contribution in [0.15, 0.2) is 0 Å². The van der Waals surface area contributed by atoms with E-state index in [2.05, 4.69) is 14.0 Å². The molecule has 2 rings (SSSR count). The molecule has 2 bridgehead atoms. The number of fused-ring (bicyclic) bond motifs is 2. The highest BCUT2D eigenvalue weighted by atomic mass is 127. The Morgan fingerprint density at radius 1 is 1.18 bits per heavy atom. The number of nitrogens with zero attached hydrogens (tertiary/aromatic N) is 1. The van der Waals surface area contributed by atoms with Gasteiger partial charge < -0.3 is 28.5 Å². The van der Waals surface area contributed by atoms with Gasteiger partial charge in [-0.15, -0.1) is 0 Å². The highest BCUT2D eigenvalue weighted by Gasteiger charge is 2.42. The van der Waals surface area contributed by atoms with E-state index in [0.29, 0.717) is 0 Å². The topological polar surface area (TPSA) is 0 Å². The molecular formula is C9H18IN. The first-order valence-corrected chi connectivity index (χ1v) is 4.55. The van der Waals surface area contributed by atoms with E-state index in [1.165, 1.54) is 36.8 Å². The molecule has 0 N–H and O–H groups in total. The Hall–Kier alpha value is 0.690. The van der Waals surface area contributed by atoms with Gasteiger partial charge in [-0.1, -0.05) is 0 Å². The number of hydrogen-bond acceptors (Lipinski definition) is 0. The Morgan fingerprint density at radius 2 is 1.91 bits per heavy atom. The zero-order valence-electron chi connectivity index (χ0n) is 7.52. The summed E-state index contributed by atoms with van der Waals surface area (Å²) >= 11 is 0. The van der Waals surface area contributed by atoms with Crippen molar-refractivity contribution >= 4 is 0 Å². The Balaban J connectivity index is 0.000000605. The Labute approximate surface area is 86.8 Å². The monoisotopic (exact) mass is 267 g/mol. The van der Waals surface area contributed by atoms with E-state index in [1.54, 1.807) is 0 Å². The fourth-order valence-corrected chi connectivity index (χ4v) is 2.67. The largest absolute Gasteiger partial charge is 1.00 e. The van der Waals surface area contributed by atoms with Crippen LogP contribution in [0.3, 0.4) is 0 Å². The minimum Gasteiger partial charge on any atom is -1.00 e. The second kappa shape index (κ2) is 3.21. The van der Waals surface area contributed by atoms with Crippen LogP contribution in [0.1, 0.15) is 26.2 Å². The van der Waals surface area contributed by atoms with Crippen LogP contribution in [-0.2, 0) is 0 Å². The van der Waals surface area contributed by atoms with Gasteiger partial charge in [0.1, 0.15) is 0 Å². The smallest absolute Gasteiger partial charge is 0.0859 e. The molecule has 2 aliphatic rings. The van der Waals surface area contributed by atoms with Gasteiger partial charge in [0.2, 0.25) is 0 Å². The van der Waals surface area contributed by atoms with E-state index in [9.17, 15) is 0 Å². The summed E-state index contributed by atoms with van der Waals surface area (Å²) in [5.74, 6) is 1.08. The predicted molar refractivity (Wildman–Crippen MR) is 42.7 cm³/mol. The Kier molecular flexibility index (Phi) is 2.85. The lowest BCUT2D eigenvalue weighted by atomic mass is 9.96. The summed E-state index contributed by atoms with van der Waals surface area (Å²) in [5.41, 5.74) is 0. The highest BCUT2D eigenvalue weighted by Crippen LogP contribution is 2.35. The summed E-state index contributed by atoms with van der Waals surface area (Å²) in [4.78, 5) is 0. The summed E-state index contributed by atoms with van der Waals surface area (Å²) in [6.45, 7) is 5.34. The van der Waals surface area contributed by atoms with Crippen molar-refractivity contribution in [1.82, 2.24) is 0 Å². The first kappa shape index (κ1) is 9.78. The molecule has 2 heteroatoms. The molecule has 0 aliphatic carbocycles. The van der Waals surface area contributed by atoms with Gasteiger partial charge in [-0.3, -0.25) is 0 Å². The van der Waals surface area contributed by atoms with Gasteiger partial charge in [0.15, 0.2) is 0 Å². The van der Waals surface area contributed by atoms with Crippen molar-refractivity contribution in [2.45, 2.75) is 32.2 Å². The van der Waals surface area contributed by atoms with Gasteiger partial charge in [0, 0.05) is 12.3 Å². The molecule has 1 nitrogen and oxygen atoms in total. The summed E-state index contributed by atoms with van der Waals surface area (Å²) in [6.07, 6.45) is 4.48. The minimum absolute atomic E-state index is 0. The molecule has 0 aromatic rings. The van der Waals surface area contributed by atoms with Gasteiger partial charge >= 0.3 is 0 Å². The first-order chi connectivity index (χ1) is 4.71. The van der Waals surface area contributed by atoms with Crippen molar-refractivity contribution in [1.29, 1.82) is 0 Å². The molecule has 66 valence electrons. The van der Waals surface area contributed by atoms with Crippen LogP contribution < -0.4 is 24.0 Å². The third-order valence-corrected chi connectivity index (χ3v) is 3.78. The maximum Gasteiger partial charge on any atom is 0.0859 e. The zero-order chi connectivity index (χ0) is 7.19. The van der Waals surface area contributed by atoms with Crippen LogP contribution in [0.2, 0.25) is 0 Å². The molecule has 0 amide bonds. The van der Waals surface area contributed by atoms with Gasteiger partial charge in [0.05, 0.1) is 26.2 Å². The Morgan fingerprint density at radius 3 is 2.55 bits per heavy atom. The molecule has 3 atom stereocenters. The van der Waals surface area contributed by atoms with Gasteiger partial charge in [-0.2, -0.15) is 0 Å². The summed E-state index contributed by atoms with van der Waals surface area (Å²) in [7, 11) is 2.43. The molecular weight excluding hydrogens is 249 g/mol. The molecule has 0 radical (unpaired) electrons. The van der Waals surface area contributed by atoms with Gasteiger partial charge in [-0.05, 0) is 19.8 Å². The second-order valence-electron chi connectivity index (χ2n) is 4.47. The fourth-order valence-electron chi connectivity index (χ4n) is 2.67. The normalized spacial score (nSPS) is 48.5. The molecule has 0 spiro atoms. The standard InChI is InChI=1S/C9H18N.HI/c1-8-3-4-9-5-6-10(8,2)7-9;/h8-9H,3-7H2,1-2H3;1H/q+1;/p-1. The lowest BCUT2D eigenvalue weighted by Gasteiger charge is -2.39. The van der Waals surface area contributed by atoms with E-state index < -0.39 is 0 Å². The molecule has 2 heterocycles. The minimum atomic E-state index is 0. The first-order valence-electron chi connectivity index (χ1n) is 4.55. The van der Waals surface area contributed by atoms with Crippen LogP contribution in [0.5, 0.6) is 0 Å². The van der Waals surface area contributed by atoms with Crippen molar-refractivity contribution in [2.75, 3.05) is 20.1 Å². The third-order valence-electron chi connectivity index (χ3n) is 3.78. The summed E-state index contributed by atoms with van der Waals surface area (Å²) in [5, 5.41) is 0. The van der Waals surface area contributed by atoms with Crippen molar-refractivity contribution in [3.8, 4) is 0 Å². The van der Waals surface area contributed by atoms with E-state index in [4.69, 9.17) is 0 Å². The van der Waals surface area contributed by atoms with E-state index in [0.717, 1.165) is 12.0 Å². The lowest BCUT2D eigenvalue weighted by Crippen LogP contribution is -3.00. The van der Waals surface area contributed by atoms with Crippen molar-refractivity contribution in [3.05, 3.63) is 0 Å². The van der Waals surface area contributed by atoms with E-state index in [1.807, 2.05) is 0 Å². The molecule has 11 heavy (non-hydrogen) atoms. The maximum atomic E-state index is 2.43. The van der Waals surface area contributed by atoms with E-state index >= 15 is 0 Å². The van der Waals surface area contributed by atoms with Crippen LogP contribution in [-0.4, -0.2) is 30.7 Å². The van der Waals surface area contributed by atoms with Crippen LogP contribution in [0.25, 0.3) is 0 Å². The number of rotatable bonds is 0. The third kappa shape index (κ3) is 1.57. The lowest BCUT2D eigenvalue weighted by molar-refractivity contribution is -0.925. The SMILES string of the molecule is CC1CCC2CC[N+]1(C)C2.[I-].